The van der Waals surface area contributed by atoms with E-state index < -0.39 is 49.1 Å². The van der Waals surface area contributed by atoms with Gasteiger partial charge in [0, 0.05) is 9.82 Å². The first-order valence-electron chi connectivity index (χ1n) is 12.9. The number of nitrogens with zero attached hydrogens (tertiary/aromatic N) is 6. The minimum absolute atomic E-state index is 0.223. The Morgan fingerprint density at radius 1 is 0.700 bits per heavy atom. The van der Waals surface area contributed by atoms with Crippen LogP contribution in [0.4, 0.5) is 0 Å². The largest absolute Gasteiger partial charge is 0.390 e. The molecule has 14 nitrogen and oxygen atoms in total. The summed E-state index contributed by atoms with van der Waals surface area (Å²) >= 11 is 0. The second-order valence-electron chi connectivity index (χ2n) is 9.65. The highest BCUT2D eigenvalue weighted by Gasteiger charge is 2.52. The Morgan fingerprint density at radius 3 is 1.80 bits per heavy atom. The molecule has 2 aromatic rings. The van der Waals surface area contributed by atoms with E-state index >= 15 is 0 Å². The smallest absolute Gasteiger partial charge is 0.169 e. The van der Waals surface area contributed by atoms with Crippen molar-refractivity contribution in [2.24, 2.45) is 10.2 Å². The molecule has 0 amide bonds. The number of fused-ring (bicyclic) bond motifs is 4. The van der Waals surface area contributed by atoms with E-state index in [1.165, 1.54) is 0 Å². The second-order valence-corrected chi connectivity index (χ2v) is 9.65. The number of ether oxygens (including phenoxy) is 6. The zero-order valence-corrected chi connectivity index (χ0v) is 21.4. The third kappa shape index (κ3) is 6.38. The van der Waals surface area contributed by atoms with E-state index in [0.29, 0.717) is 19.8 Å². The molecule has 4 aliphatic rings. The van der Waals surface area contributed by atoms with Crippen LogP contribution in [0.3, 0.4) is 0 Å². The summed E-state index contributed by atoms with van der Waals surface area (Å²) in [5, 5.41) is 26.1. The quantitative estimate of drug-likeness (QED) is 0.282. The van der Waals surface area contributed by atoms with Crippen molar-refractivity contribution >= 4 is 0 Å². The Morgan fingerprint density at radius 2 is 1.20 bits per heavy atom. The first-order valence-corrected chi connectivity index (χ1v) is 12.9. The molecule has 2 N–H and O–H groups in total. The number of azide groups is 2. The number of hydrogen-bond acceptors (Lipinski definition) is 10. The Kier molecular flexibility index (Phi) is 9.47. The summed E-state index contributed by atoms with van der Waals surface area (Å²) < 4.78 is 34.1. The summed E-state index contributed by atoms with van der Waals surface area (Å²) in [5.74, 6) is 0. The number of hydrogen-bond donors (Lipinski definition) is 2. The Balaban J connectivity index is 0.000000207. The lowest BCUT2D eigenvalue weighted by Gasteiger charge is -2.38. The third-order valence-electron chi connectivity index (χ3n) is 7.07. The molecular formula is C26H30N6O8. The third-order valence-corrected chi connectivity index (χ3v) is 7.07. The lowest BCUT2D eigenvalue weighted by atomic mass is 9.98. The highest BCUT2D eigenvalue weighted by atomic mass is 16.7. The van der Waals surface area contributed by atoms with Gasteiger partial charge in [0.15, 0.2) is 12.6 Å². The fourth-order valence-corrected chi connectivity index (χ4v) is 5.03. The molecule has 0 saturated carbocycles. The van der Waals surface area contributed by atoms with Crippen LogP contribution in [-0.2, 0) is 41.6 Å². The van der Waals surface area contributed by atoms with Crippen LogP contribution in [0, 0.1) is 0 Å². The van der Waals surface area contributed by atoms with E-state index in [-0.39, 0.29) is 18.8 Å². The van der Waals surface area contributed by atoms with E-state index in [2.05, 4.69) is 20.1 Å². The van der Waals surface area contributed by atoms with Crippen molar-refractivity contribution in [3.8, 4) is 0 Å². The molecule has 0 aromatic heterocycles. The van der Waals surface area contributed by atoms with Gasteiger partial charge in [0.2, 0.25) is 0 Å². The van der Waals surface area contributed by atoms with E-state index in [4.69, 9.17) is 39.5 Å². The Hall–Kier alpha value is -3.26. The molecule has 10 atom stereocenters. The number of benzene rings is 2. The molecule has 2 aromatic carbocycles. The molecule has 0 aliphatic carbocycles. The number of aliphatic hydroxyl groups is 2. The molecule has 40 heavy (non-hydrogen) atoms. The van der Waals surface area contributed by atoms with Crippen molar-refractivity contribution in [3.05, 3.63) is 92.7 Å². The van der Waals surface area contributed by atoms with Crippen LogP contribution in [0.5, 0.6) is 0 Å². The maximum atomic E-state index is 9.47. The Labute approximate surface area is 229 Å². The molecule has 0 radical (unpaired) electrons. The molecule has 4 saturated heterocycles. The maximum Gasteiger partial charge on any atom is 0.169 e. The average molecular weight is 555 g/mol. The van der Waals surface area contributed by atoms with Gasteiger partial charge >= 0.3 is 0 Å². The molecule has 212 valence electrons. The van der Waals surface area contributed by atoms with Crippen LogP contribution < -0.4 is 0 Å². The normalized spacial score (nSPS) is 35.5. The monoisotopic (exact) mass is 554 g/mol. The van der Waals surface area contributed by atoms with Crippen molar-refractivity contribution in [3.63, 3.8) is 0 Å². The summed E-state index contributed by atoms with van der Waals surface area (Å²) in [4.78, 5) is 5.52. The highest BCUT2D eigenvalue weighted by molar-refractivity contribution is 5.15. The van der Waals surface area contributed by atoms with Crippen molar-refractivity contribution in [1.82, 2.24) is 0 Å². The van der Waals surface area contributed by atoms with E-state index in [9.17, 15) is 10.2 Å². The topological polar surface area (TPSA) is 193 Å². The molecule has 4 fully saturated rings. The lowest BCUT2D eigenvalue weighted by molar-refractivity contribution is -0.211. The summed E-state index contributed by atoms with van der Waals surface area (Å²) in [5.41, 5.74) is 19.3. The summed E-state index contributed by atoms with van der Waals surface area (Å²) in [6, 6.07) is 18.3. The van der Waals surface area contributed by atoms with Gasteiger partial charge in [-0.1, -0.05) is 70.9 Å². The van der Waals surface area contributed by atoms with Crippen LogP contribution in [0.15, 0.2) is 70.9 Å². The summed E-state index contributed by atoms with van der Waals surface area (Å²) in [6.45, 7) is 1.44. The zero-order chi connectivity index (χ0) is 27.9. The van der Waals surface area contributed by atoms with Crippen LogP contribution in [-0.4, -0.2) is 84.7 Å². The van der Waals surface area contributed by atoms with Gasteiger partial charge in [-0.25, -0.2) is 0 Å². The second kappa shape index (κ2) is 13.4. The predicted molar refractivity (Wildman–Crippen MR) is 137 cm³/mol. The van der Waals surface area contributed by atoms with Gasteiger partial charge in [-0.05, 0) is 22.2 Å². The van der Waals surface area contributed by atoms with Gasteiger partial charge in [-0.3, -0.25) is 0 Å². The number of rotatable bonds is 8. The van der Waals surface area contributed by atoms with Crippen LogP contribution in [0.1, 0.15) is 11.1 Å². The molecule has 4 aliphatic heterocycles. The summed E-state index contributed by atoms with van der Waals surface area (Å²) in [6.07, 6.45) is -5.06. The lowest BCUT2D eigenvalue weighted by Crippen LogP contribution is -2.55. The van der Waals surface area contributed by atoms with Crippen LogP contribution in [0.2, 0.25) is 0 Å². The van der Waals surface area contributed by atoms with Crippen molar-refractivity contribution in [2.75, 3.05) is 13.2 Å². The van der Waals surface area contributed by atoms with Crippen LogP contribution in [0.25, 0.3) is 20.9 Å². The van der Waals surface area contributed by atoms with Gasteiger partial charge in [-0.15, -0.1) is 0 Å². The van der Waals surface area contributed by atoms with E-state index in [0.717, 1.165) is 11.1 Å². The van der Waals surface area contributed by atoms with E-state index in [1.54, 1.807) is 0 Å². The fraction of sp³-hybridized carbons (Fsp3) is 0.538. The average Bonchev–Trinajstić information content (AvgIpc) is 3.63. The van der Waals surface area contributed by atoms with Crippen molar-refractivity contribution < 1.29 is 38.6 Å². The maximum absolute atomic E-state index is 9.47. The first-order chi connectivity index (χ1) is 19.6. The molecule has 4 unspecified atom stereocenters. The number of aliphatic hydroxyl groups excluding tert-OH is 2. The molecule has 4 bridgehead atoms. The van der Waals surface area contributed by atoms with Crippen molar-refractivity contribution in [2.45, 2.75) is 74.5 Å². The van der Waals surface area contributed by atoms with Gasteiger partial charge in [0.1, 0.15) is 42.6 Å². The van der Waals surface area contributed by atoms with E-state index in [1.807, 2.05) is 60.7 Å². The predicted octanol–water partition coefficient (Wildman–Crippen LogP) is 2.73. The minimum Gasteiger partial charge on any atom is -0.390 e. The Bertz CT molecular complexity index is 1200. The first kappa shape index (κ1) is 28.3. The summed E-state index contributed by atoms with van der Waals surface area (Å²) in [7, 11) is 0. The van der Waals surface area contributed by atoms with Crippen LogP contribution >= 0.6 is 0 Å². The molecular weight excluding hydrogens is 524 g/mol. The standard InChI is InChI=1S/C20H21N3O4.C6H9N3O4/c21-23-22-17-19(25-12-15-9-5-2-6-10-15)18(16-13-26-20(17)27-16)24-11-14-7-3-1-4-8-14;7-9-8-3-5(11)4(10)2-1-12-6(3)13-2/h1-10,16-20H,11-13H2;2-6,10-11H,1H2/t16-,17+,18-,19?,20?;2-,3+,4-,5?,6?/m11/s1. The zero-order valence-electron chi connectivity index (χ0n) is 21.4. The fourth-order valence-electron chi connectivity index (χ4n) is 5.03. The van der Waals surface area contributed by atoms with Gasteiger partial charge in [0.05, 0.1) is 32.5 Å². The van der Waals surface area contributed by atoms with Gasteiger partial charge < -0.3 is 38.6 Å². The molecule has 6 rings (SSSR count). The molecule has 4 heterocycles. The SMILES string of the molecule is [N-]=[N+]=N[C@@H]1C2OC[C@@H](O2)[C@@H](O)C1O.[N-]=[N+]=N[C@@H]1C2OC[C@@H](O2)[C@@H](OCc2ccccc2)C1OCc1ccccc1. The van der Waals surface area contributed by atoms with Gasteiger partial charge in [-0.2, -0.15) is 0 Å². The minimum atomic E-state index is -1.11. The molecule has 14 heteroatoms. The van der Waals surface area contributed by atoms with Crippen molar-refractivity contribution in [1.29, 1.82) is 0 Å². The van der Waals surface area contributed by atoms with Gasteiger partial charge in [0.25, 0.3) is 0 Å². The molecule has 0 spiro atoms. The highest BCUT2D eigenvalue weighted by Crippen LogP contribution is 2.35.